The Morgan fingerprint density at radius 2 is 1.92 bits per heavy atom. The molecule has 0 bridgehead atoms. The van der Waals surface area contributed by atoms with Crippen LogP contribution < -0.4 is 10.2 Å². The van der Waals surface area contributed by atoms with Gasteiger partial charge in [-0.1, -0.05) is 66.3 Å². The Balaban J connectivity index is 1.05. The number of pyridine rings is 1. The lowest BCUT2D eigenvalue weighted by molar-refractivity contribution is 0.0691. The van der Waals surface area contributed by atoms with E-state index in [0.717, 1.165) is 52.8 Å². The van der Waals surface area contributed by atoms with Gasteiger partial charge in [0.1, 0.15) is 11.5 Å². The summed E-state index contributed by atoms with van der Waals surface area (Å²) in [7, 11) is 0. The number of hydrogen-bond donors (Lipinski definition) is 2. The van der Waals surface area contributed by atoms with Crippen LogP contribution in [0.5, 0.6) is 0 Å². The number of rotatable bonds is 7. The molecule has 244 valence electrons. The first kappa shape index (κ1) is 30.4. The number of carbonyl (C=O) groups excluding carboxylic acids is 1. The number of allylic oxidation sites excluding steroid dienone is 2. The minimum absolute atomic E-state index is 0.0578. The predicted octanol–water partition coefficient (Wildman–Crippen LogP) is 7.15. The number of carbonyl (C=O) groups is 2. The third kappa shape index (κ3) is 5.17. The molecule has 48 heavy (non-hydrogen) atoms. The molecule has 0 radical (unpaired) electrons. The van der Waals surface area contributed by atoms with Crippen molar-refractivity contribution in [3.63, 3.8) is 0 Å². The largest absolute Gasteiger partial charge is 0.476 e. The Kier molecular flexibility index (Phi) is 7.39. The van der Waals surface area contributed by atoms with E-state index >= 15 is 0 Å². The van der Waals surface area contributed by atoms with Crippen LogP contribution >= 0.6 is 11.3 Å². The van der Waals surface area contributed by atoms with Gasteiger partial charge in [0.25, 0.3) is 5.91 Å². The third-order valence-electron chi connectivity index (χ3n) is 10.4. The first-order valence-electron chi connectivity index (χ1n) is 16.6. The summed E-state index contributed by atoms with van der Waals surface area (Å²) in [4.78, 5) is 37.4. The van der Waals surface area contributed by atoms with Crippen molar-refractivity contribution in [1.29, 1.82) is 0 Å². The maximum atomic E-state index is 13.5. The molecule has 1 aliphatic heterocycles. The highest BCUT2D eigenvalue weighted by molar-refractivity contribution is 7.22. The van der Waals surface area contributed by atoms with Crippen LogP contribution in [0.4, 0.5) is 10.9 Å². The first-order chi connectivity index (χ1) is 23.2. The smallest absolute Gasteiger partial charge is 0.355 e. The van der Waals surface area contributed by atoms with Gasteiger partial charge in [0.05, 0.1) is 22.5 Å². The number of nitrogens with zero attached hydrogens (tertiary/aromatic N) is 6. The zero-order chi connectivity index (χ0) is 33.2. The maximum Gasteiger partial charge on any atom is 0.355 e. The molecule has 1 saturated carbocycles. The summed E-state index contributed by atoms with van der Waals surface area (Å²) in [6, 6.07) is 17.2. The SMILES string of the molecule is Cc1c(-c2ccc(N3CCc4cccc(C(=O)Nc5nc6ccccc6s5)c4C3)nc2C(=O)O)nnn1CC12CC(C)CC=C1C(C)C2. The second kappa shape index (κ2) is 11.7. The normalized spacial score (nSPS) is 21.6. The van der Waals surface area contributed by atoms with Crippen LogP contribution in [0.25, 0.3) is 21.5 Å². The van der Waals surface area contributed by atoms with Crippen LogP contribution in [0.1, 0.15) is 70.8 Å². The summed E-state index contributed by atoms with van der Waals surface area (Å²) < 4.78 is 2.96. The number of thiazole rings is 1. The second-order valence-corrected chi connectivity index (χ2v) is 14.7. The molecule has 10 nitrogen and oxygen atoms in total. The van der Waals surface area contributed by atoms with Gasteiger partial charge in [-0.25, -0.2) is 19.4 Å². The number of para-hydroxylation sites is 1. The molecule has 3 atom stereocenters. The number of fused-ring (bicyclic) bond motifs is 3. The standard InChI is InChI=1S/C37H37N7O3S/c1-21-11-13-28-22(2)18-37(28,17-21)20-44-23(3)32(41-42-44)26-12-14-31(39-33(26)35(46)47)43-16-15-24-7-6-8-25(27(24)19-43)34(45)40-36-38-29-9-4-5-10-30(29)48-36/h4-10,12-14,21-22H,11,15-20H2,1-3H3,(H,46,47)(H,38,40,45). The van der Waals surface area contributed by atoms with E-state index in [9.17, 15) is 14.7 Å². The van der Waals surface area contributed by atoms with Gasteiger partial charge in [-0.2, -0.15) is 0 Å². The van der Waals surface area contributed by atoms with Crippen LogP contribution in [0.2, 0.25) is 0 Å². The Hall–Kier alpha value is -4.90. The summed E-state index contributed by atoms with van der Waals surface area (Å²) in [5.74, 6) is 0.433. The lowest BCUT2D eigenvalue weighted by Crippen LogP contribution is -2.46. The van der Waals surface area contributed by atoms with E-state index in [1.807, 2.05) is 65.0 Å². The molecule has 3 aliphatic rings. The van der Waals surface area contributed by atoms with Gasteiger partial charge in [0.15, 0.2) is 10.8 Å². The molecule has 3 aromatic heterocycles. The lowest BCUT2D eigenvalue weighted by Gasteiger charge is -2.53. The Morgan fingerprint density at radius 1 is 1.06 bits per heavy atom. The van der Waals surface area contributed by atoms with Crippen LogP contribution in [0.3, 0.4) is 0 Å². The number of carboxylic acid groups (broad SMARTS) is 1. The second-order valence-electron chi connectivity index (χ2n) is 13.7. The van der Waals surface area contributed by atoms with Crippen LogP contribution in [0.15, 0.2) is 66.2 Å². The zero-order valence-electron chi connectivity index (χ0n) is 27.2. The zero-order valence-corrected chi connectivity index (χ0v) is 28.0. The Labute approximate surface area is 282 Å². The number of hydrogen-bond acceptors (Lipinski definition) is 8. The van der Waals surface area contributed by atoms with Crippen LogP contribution in [0, 0.1) is 24.2 Å². The molecule has 0 saturated heterocycles. The average Bonchev–Trinajstić information content (AvgIpc) is 3.65. The number of amides is 1. The number of aromatic carboxylic acids is 1. The minimum atomic E-state index is -1.12. The highest BCUT2D eigenvalue weighted by Crippen LogP contribution is 2.58. The van der Waals surface area contributed by atoms with Gasteiger partial charge >= 0.3 is 5.97 Å². The Bertz CT molecular complexity index is 2100. The number of nitrogens with one attached hydrogen (secondary N) is 1. The fourth-order valence-corrected chi connectivity index (χ4v) is 9.09. The first-order valence-corrected chi connectivity index (χ1v) is 17.4. The van der Waals surface area contributed by atoms with E-state index in [4.69, 9.17) is 0 Å². The molecular weight excluding hydrogens is 623 g/mol. The highest BCUT2D eigenvalue weighted by Gasteiger charge is 2.49. The molecule has 8 rings (SSSR count). The molecule has 1 amide bonds. The van der Waals surface area contributed by atoms with E-state index in [0.29, 0.717) is 59.1 Å². The summed E-state index contributed by atoms with van der Waals surface area (Å²) in [6.07, 6.45) is 6.53. The minimum Gasteiger partial charge on any atom is -0.476 e. The number of aromatic nitrogens is 5. The van der Waals surface area contributed by atoms with Gasteiger partial charge in [-0.15, -0.1) is 5.10 Å². The van der Waals surface area contributed by atoms with Gasteiger partial charge in [-0.3, -0.25) is 10.1 Å². The predicted molar refractivity (Wildman–Crippen MR) is 186 cm³/mol. The van der Waals surface area contributed by atoms with Crippen molar-refractivity contribution in [2.45, 2.75) is 59.5 Å². The van der Waals surface area contributed by atoms with Gasteiger partial charge in [0, 0.05) is 29.6 Å². The fraction of sp³-hybridized carbons (Fsp3) is 0.351. The quantitative estimate of drug-likeness (QED) is 0.176. The molecule has 4 heterocycles. The van der Waals surface area contributed by atoms with Gasteiger partial charge < -0.3 is 10.0 Å². The molecular formula is C37H37N7O3S. The molecule has 5 aromatic rings. The van der Waals surface area contributed by atoms with Crippen molar-refractivity contribution in [2.24, 2.45) is 17.3 Å². The summed E-state index contributed by atoms with van der Waals surface area (Å²) in [6.45, 7) is 8.39. The van der Waals surface area contributed by atoms with Crippen molar-refractivity contribution < 1.29 is 14.7 Å². The van der Waals surface area contributed by atoms with E-state index in [-0.39, 0.29) is 17.0 Å². The van der Waals surface area contributed by atoms with Crippen molar-refractivity contribution in [2.75, 3.05) is 16.8 Å². The molecule has 3 unspecified atom stereocenters. The van der Waals surface area contributed by atoms with Crippen molar-refractivity contribution in [3.8, 4) is 11.3 Å². The summed E-state index contributed by atoms with van der Waals surface area (Å²) in [5, 5.41) is 22.9. The summed E-state index contributed by atoms with van der Waals surface area (Å²) in [5.41, 5.74) is 6.84. The molecule has 1 fully saturated rings. The monoisotopic (exact) mass is 659 g/mol. The summed E-state index contributed by atoms with van der Waals surface area (Å²) >= 11 is 1.44. The molecule has 11 heteroatoms. The maximum absolute atomic E-state index is 13.5. The molecule has 2 aromatic carbocycles. The number of anilines is 2. The topological polar surface area (TPSA) is 126 Å². The van der Waals surface area contributed by atoms with Crippen molar-refractivity contribution in [1.82, 2.24) is 25.0 Å². The molecule has 0 spiro atoms. The lowest BCUT2D eigenvalue weighted by atomic mass is 9.52. The average molecular weight is 660 g/mol. The van der Waals surface area contributed by atoms with E-state index in [1.165, 1.54) is 16.9 Å². The van der Waals surface area contributed by atoms with Gasteiger partial charge in [-0.05, 0) is 85.9 Å². The molecule has 2 aliphatic carbocycles. The van der Waals surface area contributed by atoms with E-state index in [2.05, 4.69) is 45.5 Å². The highest BCUT2D eigenvalue weighted by atomic mass is 32.1. The number of carboxylic acids is 1. The van der Waals surface area contributed by atoms with Gasteiger partial charge in [0.2, 0.25) is 0 Å². The van der Waals surface area contributed by atoms with Crippen LogP contribution in [-0.2, 0) is 19.5 Å². The number of benzene rings is 2. The van der Waals surface area contributed by atoms with Crippen LogP contribution in [-0.4, -0.2) is 48.5 Å². The van der Waals surface area contributed by atoms with Crippen molar-refractivity contribution >= 4 is 44.4 Å². The fourth-order valence-electron chi connectivity index (χ4n) is 8.23. The van der Waals surface area contributed by atoms with E-state index in [1.54, 1.807) is 6.07 Å². The van der Waals surface area contributed by atoms with Crippen molar-refractivity contribution in [3.05, 3.63) is 94.3 Å². The Morgan fingerprint density at radius 3 is 2.73 bits per heavy atom. The third-order valence-corrected chi connectivity index (χ3v) is 11.4. The molecule has 2 N–H and O–H groups in total. The van der Waals surface area contributed by atoms with E-state index < -0.39 is 5.97 Å².